The first-order chi connectivity index (χ1) is 11.3. The lowest BCUT2D eigenvalue weighted by Gasteiger charge is -2.25. The van der Waals surface area contributed by atoms with E-state index in [1.54, 1.807) is 10.8 Å². The van der Waals surface area contributed by atoms with Crippen LogP contribution in [0.2, 0.25) is 0 Å². The molecule has 0 aliphatic carbocycles. The summed E-state index contributed by atoms with van der Waals surface area (Å²) < 4.78 is 1.69. The van der Waals surface area contributed by atoms with Crippen molar-refractivity contribution in [2.45, 2.75) is 19.8 Å². The van der Waals surface area contributed by atoms with Gasteiger partial charge in [0.05, 0.1) is 0 Å². The van der Waals surface area contributed by atoms with E-state index < -0.39 is 0 Å². The summed E-state index contributed by atoms with van der Waals surface area (Å²) in [5, 5.41) is 19.2. The van der Waals surface area contributed by atoms with Crippen LogP contribution in [-0.4, -0.2) is 50.1 Å². The number of nitrogens with zero attached hydrogens (tertiary/aromatic N) is 6. The molecule has 118 valence electrons. The van der Waals surface area contributed by atoms with Crippen LogP contribution in [0.4, 0.5) is 5.82 Å². The fraction of sp³-hybridized carbons (Fsp3) is 0.375. The van der Waals surface area contributed by atoms with Crippen LogP contribution in [0.1, 0.15) is 19.8 Å². The van der Waals surface area contributed by atoms with E-state index >= 15 is 0 Å². The van der Waals surface area contributed by atoms with E-state index in [0.717, 1.165) is 54.7 Å². The van der Waals surface area contributed by atoms with Gasteiger partial charge in [-0.25, -0.2) is 0 Å². The second kappa shape index (κ2) is 5.92. The summed E-state index contributed by atoms with van der Waals surface area (Å²) in [6, 6.07) is 8.04. The molecule has 1 fully saturated rings. The van der Waals surface area contributed by atoms with E-state index in [4.69, 9.17) is 0 Å². The molecule has 1 N–H and O–H groups in total. The van der Waals surface area contributed by atoms with Crippen molar-refractivity contribution in [3.05, 3.63) is 30.6 Å². The van der Waals surface area contributed by atoms with Gasteiger partial charge in [-0.1, -0.05) is 31.2 Å². The van der Waals surface area contributed by atoms with Gasteiger partial charge in [0.15, 0.2) is 11.5 Å². The Labute approximate surface area is 134 Å². The van der Waals surface area contributed by atoms with Crippen molar-refractivity contribution in [3.63, 3.8) is 0 Å². The lowest BCUT2D eigenvalue weighted by atomic mass is 10.1. The lowest BCUT2D eigenvalue weighted by Crippen LogP contribution is -2.33. The maximum Gasteiger partial charge on any atom is 0.185 e. The first-order valence-corrected chi connectivity index (χ1v) is 7.97. The number of benzene rings is 1. The highest BCUT2D eigenvalue weighted by Crippen LogP contribution is 2.24. The lowest BCUT2D eigenvalue weighted by molar-refractivity contribution is 0.289. The minimum absolute atomic E-state index is 0.735. The van der Waals surface area contributed by atoms with Gasteiger partial charge in [0, 0.05) is 42.4 Å². The predicted octanol–water partition coefficient (Wildman–Crippen LogP) is 2.16. The Morgan fingerprint density at radius 3 is 2.74 bits per heavy atom. The van der Waals surface area contributed by atoms with Crippen LogP contribution < -0.4 is 5.43 Å². The molecule has 1 saturated heterocycles. The van der Waals surface area contributed by atoms with Gasteiger partial charge in [0.1, 0.15) is 6.33 Å². The van der Waals surface area contributed by atoms with Gasteiger partial charge in [0.25, 0.3) is 0 Å². The van der Waals surface area contributed by atoms with Crippen LogP contribution in [0, 0.1) is 0 Å². The molecule has 7 heteroatoms. The van der Waals surface area contributed by atoms with E-state index in [-0.39, 0.29) is 0 Å². The maximum absolute atomic E-state index is 4.59. The molecule has 0 bridgehead atoms. The van der Waals surface area contributed by atoms with Crippen LogP contribution in [0.15, 0.2) is 35.7 Å². The van der Waals surface area contributed by atoms with Gasteiger partial charge >= 0.3 is 0 Å². The van der Waals surface area contributed by atoms with Crippen LogP contribution in [0.25, 0.3) is 16.4 Å². The molecule has 23 heavy (non-hydrogen) atoms. The number of rotatable bonds is 3. The van der Waals surface area contributed by atoms with E-state index in [9.17, 15) is 0 Å². The average molecular weight is 309 g/mol. The zero-order valence-electron chi connectivity index (χ0n) is 13.1. The van der Waals surface area contributed by atoms with Gasteiger partial charge < -0.3 is 4.90 Å². The summed E-state index contributed by atoms with van der Waals surface area (Å²) in [5.41, 5.74) is 5.11. The molecule has 4 rings (SSSR count). The highest BCUT2D eigenvalue weighted by molar-refractivity contribution is 6.00. The zero-order chi connectivity index (χ0) is 15.6. The number of fused-ring (bicyclic) bond motifs is 3. The molecular weight excluding hydrogens is 290 g/mol. The number of anilines is 1. The van der Waals surface area contributed by atoms with Gasteiger partial charge in [-0.3, -0.25) is 5.43 Å². The fourth-order valence-corrected chi connectivity index (χ4v) is 2.98. The molecule has 3 heterocycles. The zero-order valence-corrected chi connectivity index (χ0v) is 13.1. The number of hydrogen-bond acceptors (Lipinski definition) is 6. The van der Waals surface area contributed by atoms with Crippen molar-refractivity contribution in [1.29, 1.82) is 0 Å². The summed E-state index contributed by atoms with van der Waals surface area (Å²) >= 11 is 0. The van der Waals surface area contributed by atoms with Crippen molar-refractivity contribution < 1.29 is 0 Å². The molecule has 7 nitrogen and oxygen atoms in total. The standard InChI is InChI=1S/C16H19N7/c1-2-22-9-7-12(8-10-22)18-19-15-13-5-3-4-6-14(13)16-20-17-11-23(16)21-15/h3-6,11H,2,7-10H2,1H3,(H,19,21). The smallest absolute Gasteiger partial charge is 0.185 e. The second-order valence-corrected chi connectivity index (χ2v) is 5.72. The number of likely N-dealkylation sites (tertiary alicyclic amines) is 1. The average Bonchev–Trinajstić information content (AvgIpc) is 3.09. The number of hydrazone groups is 1. The number of nitrogens with one attached hydrogen (secondary N) is 1. The Kier molecular flexibility index (Phi) is 3.63. The highest BCUT2D eigenvalue weighted by Gasteiger charge is 2.14. The third-order valence-electron chi connectivity index (χ3n) is 4.36. The molecule has 1 aromatic carbocycles. The Bertz CT molecular complexity index is 857. The van der Waals surface area contributed by atoms with Crippen molar-refractivity contribution in [3.8, 4) is 0 Å². The summed E-state index contributed by atoms with van der Waals surface area (Å²) in [5.74, 6) is 0.735. The summed E-state index contributed by atoms with van der Waals surface area (Å²) in [6.45, 7) is 5.47. The van der Waals surface area contributed by atoms with E-state index in [1.807, 2.05) is 24.3 Å². The van der Waals surface area contributed by atoms with E-state index in [1.165, 1.54) is 5.71 Å². The quantitative estimate of drug-likeness (QED) is 0.751. The Morgan fingerprint density at radius 1 is 1.17 bits per heavy atom. The monoisotopic (exact) mass is 309 g/mol. The Balaban J connectivity index is 1.65. The summed E-state index contributed by atoms with van der Waals surface area (Å²) in [4.78, 5) is 2.44. The van der Waals surface area contributed by atoms with Crippen LogP contribution in [0.5, 0.6) is 0 Å². The van der Waals surface area contributed by atoms with E-state index in [0.29, 0.717) is 0 Å². The summed E-state index contributed by atoms with van der Waals surface area (Å²) in [6.07, 6.45) is 3.63. The van der Waals surface area contributed by atoms with Crippen molar-refractivity contribution in [2.24, 2.45) is 5.10 Å². The van der Waals surface area contributed by atoms with Gasteiger partial charge in [-0.15, -0.1) is 15.3 Å². The number of aromatic nitrogens is 4. The SMILES string of the molecule is CCN1CCC(=NNc2nn3cnnc3c3ccccc23)CC1. The van der Waals surface area contributed by atoms with Crippen molar-refractivity contribution in [2.75, 3.05) is 25.1 Å². The third kappa shape index (κ3) is 2.63. The molecular formula is C16H19N7. The molecule has 0 unspecified atom stereocenters. The molecule has 3 aromatic rings. The van der Waals surface area contributed by atoms with Gasteiger partial charge in [-0.2, -0.15) is 9.62 Å². The molecule has 0 atom stereocenters. The minimum Gasteiger partial charge on any atom is -0.303 e. The molecule has 1 aliphatic rings. The first-order valence-electron chi connectivity index (χ1n) is 7.97. The predicted molar refractivity (Wildman–Crippen MR) is 90.7 cm³/mol. The first kappa shape index (κ1) is 14.1. The largest absolute Gasteiger partial charge is 0.303 e. The maximum atomic E-state index is 4.59. The highest BCUT2D eigenvalue weighted by atomic mass is 15.4. The third-order valence-corrected chi connectivity index (χ3v) is 4.36. The van der Waals surface area contributed by atoms with E-state index in [2.05, 4.69) is 37.6 Å². The Morgan fingerprint density at radius 2 is 1.96 bits per heavy atom. The normalized spacial score (nSPS) is 16.1. The van der Waals surface area contributed by atoms with Crippen molar-refractivity contribution >= 4 is 27.9 Å². The van der Waals surface area contributed by atoms with Crippen LogP contribution in [-0.2, 0) is 0 Å². The Hall–Kier alpha value is -2.54. The topological polar surface area (TPSA) is 70.7 Å². The van der Waals surface area contributed by atoms with Gasteiger partial charge in [0.2, 0.25) is 0 Å². The second-order valence-electron chi connectivity index (χ2n) is 5.72. The molecule has 1 aliphatic heterocycles. The number of hydrogen-bond donors (Lipinski definition) is 1. The number of piperidine rings is 1. The van der Waals surface area contributed by atoms with Crippen LogP contribution in [0.3, 0.4) is 0 Å². The minimum atomic E-state index is 0.735. The summed E-state index contributed by atoms with van der Waals surface area (Å²) in [7, 11) is 0. The molecule has 2 aromatic heterocycles. The molecule has 0 saturated carbocycles. The van der Waals surface area contributed by atoms with Gasteiger partial charge in [-0.05, 0) is 6.54 Å². The van der Waals surface area contributed by atoms with Crippen molar-refractivity contribution in [1.82, 2.24) is 24.7 Å². The molecule has 0 spiro atoms. The fourth-order valence-electron chi connectivity index (χ4n) is 2.98. The molecule has 0 radical (unpaired) electrons. The van der Waals surface area contributed by atoms with Crippen LogP contribution >= 0.6 is 0 Å². The molecule has 0 amide bonds.